The van der Waals surface area contributed by atoms with E-state index in [4.69, 9.17) is 4.74 Å². The molecule has 8 heteroatoms. The molecule has 0 unspecified atom stereocenters. The molecule has 0 aromatic carbocycles. The third-order valence-electron chi connectivity index (χ3n) is 3.94. The van der Waals surface area contributed by atoms with Crippen LogP contribution < -0.4 is 5.32 Å². The summed E-state index contributed by atoms with van der Waals surface area (Å²) in [6, 6.07) is 0.597. The highest BCUT2D eigenvalue weighted by atomic mass is 16.5. The van der Waals surface area contributed by atoms with Gasteiger partial charge in [0.25, 0.3) is 5.91 Å². The average molecular weight is 352 g/mol. The van der Waals surface area contributed by atoms with E-state index in [0.717, 1.165) is 0 Å². The lowest BCUT2D eigenvalue weighted by atomic mass is 9.99. The maximum Gasteiger partial charge on any atom is 0.355 e. The second kappa shape index (κ2) is 9.00. The highest BCUT2D eigenvalue weighted by Gasteiger charge is 2.27. The molecule has 1 aromatic rings. The van der Waals surface area contributed by atoms with E-state index < -0.39 is 30.5 Å². The number of carbonyl (C=O) groups is 4. The molecule has 8 nitrogen and oxygen atoms in total. The van der Waals surface area contributed by atoms with Crippen LogP contribution in [-0.4, -0.2) is 48.0 Å². The van der Waals surface area contributed by atoms with Gasteiger partial charge >= 0.3 is 11.9 Å². The van der Waals surface area contributed by atoms with Gasteiger partial charge in [0.05, 0.1) is 7.11 Å². The molecule has 0 spiro atoms. The smallest absolute Gasteiger partial charge is 0.355 e. The van der Waals surface area contributed by atoms with E-state index >= 15 is 0 Å². The Kier molecular flexibility index (Phi) is 7.35. The standard InChI is InChI=1S/C17H24N2O6/c1-6-10(2)15(17(23)24-5)18-14(21)9-25-16(22)13-7-12(11(3)20)8-19(13)4/h7-8,10,15H,6,9H2,1-5H3,(H,18,21)/t10-,15-/m1/s1. The second-order valence-corrected chi connectivity index (χ2v) is 5.81. The number of rotatable bonds is 8. The lowest BCUT2D eigenvalue weighted by molar-refractivity contribution is -0.147. The van der Waals surface area contributed by atoms with E-state index in [0.29, 0.717) is 12.0 Å². The number of aryl methyl sites for hydroxylation is 1. The van der Waals surface area contributed by atoms with Crippen LogP contribution in [0.25, 0.3) is 0 Å². The van der Waals surface area contributed by atoms with Crippen LogP contribution in [0.4, 0.5) is 0 Å². The lowest BCUT2D eigenvalue weighted by Crippen LogP contribution is -2.47. The zero-order chi connectivity index (χ0) is 19.1. The summed E-state index contributed by atoms with van der Waals surface area (Å²) in [5.41, 5.74) is 0.533. The number of hydrogen-bond acceptors (Lipinski definition) is 6. The molecule has 0 saturated heterocycles. The van der Waals surface area contributed by atoms with Crippen molar-refractivity contribution in [3.05, 3.63) is 23.5 Å². The van der Waals surface area contributed by atoms with Gasteiger partial charge in [-0.05, 0) is 18.9 Å². The molecule has 0 bridgehead atoms. The zero-order valence-corrected chi connectivity index (χ0v) is 15.1. The molecule has 0 saturated carbocycles. The minimum atomic E-state index is -0.805. The average Bonchev–Trinajstić information content (AvgIpc) is 2.98. The maximum atomic E-state index is 12.0. The van der Waals surface area contributed by atoms with Crippen molar-refractivity contribution in [2.24, 2.45) is 13.0 Å². The Bertz CT molecular complexity index is 664. The molecule has 138 valence electrons. The first-order valence-electron chi connectivity index (χ1n) is 7.92. The minimum Gasteiger partial charge on any atom is -0.467 e. The predicted molar refractivity (Wildman–Crippen MR) is 89.1 cm³/mol. The van der Waals surface area contributed by atoms with Gasteiger partial charge in [0.1, 0.15) is 11.7 Å². The molecule has 25 heavy (non-hydrogen) atoms. The van der Waals surface area contributed by atoms with Crippen molar-refractivity contribution in [2.45, 2.75) is 33.2 Å². The Morgan fingerprint density at radius 2 is 1.92 bits per heavy atom. The Balaban J connectivity index is 2.67. The van der Waals surface area contributed by atoms with E-state index in [-0.39, 0.29) is 17.4 Å². The van der Waals surface area contributed by atoms with Crippen LogP contribution in [0.1, 0.15) is 48.0 Å². The van der Waals surface area contributed by atoms with Gasteiger partial charge in [-0.3, -0.25) is 9.59 Å². The Morgan fingerprint density at radius 3 is 2.40 bits per heavy atom. The zero-order valence-electron chi connectivity index (χ0n) is 15.1. The summed E-state index contributed by atoms with van der Waals surface area (Å²) in [6.45, 7) is 4.54. The van der Waals surface area contributed by atoms with Crippen LogP contribution in [0.2, 0.25) is 0 Å². The number of nitrogens with zero attached hydrogens (tertiary/aromatic N) is 1. The Morgan fingerprint density at radius 1 is 1.28 bits per heavy atom. The van der Waals surface area contributed by atoms with Gasteiger partial charge in [0, 0.05) is 18.8 Å². The largest absolute Gasteiger partial charge is 0.467 e. The molecule has 0 fully saturated rings. The first-order valence-corrected chi connectivity index (χ1v) is 7.92. The molecule has 1 rings (SSSR count). The van der Waals surface area contributed by atoms with Gasteiger partial charge < -0.3 is 19.4 Å². The third kappa shape index (κ3) is 5.44. The summed E-state index contributed by atoms with van der Waals surface area (Å²) >= 11 is 0. The van der Waals surface area contributed by atoms with Gasteiger partial charge in [-0.2, -0.15) is 0 Å². The predicted octanol–water partition coefficient (Wildman–Crippen LogP) is 1.09. The van der Waals surface area contributed by atoms with Gasteiger partial charge in [-0.15, -0.1) is 0 Å². The highest BCUT2D eigenvalue weighted by Crippen LogP contribution is 2.11. The fourth-order valence-electron chi connectivity index (χ4n) is 2.18. The summed E-state index contributed by atoms with van der Waals surface area (Å²) in [7, 11) is 2.84. The quantitative estimate of drug-likeness (QED) is 0.555. The van der Waals surface area contributed by atoms with Crippen LogP contribution in [-0.2, 0) is 26.1 Å². The number of Topliss-reactive ketones (excluding diaryl/α,β-unsaturated/α-hetero) is 1. The fraction of sp³-hybridized carbons (Fsp3) is 0.529. The summed E-state index contributed by atoms with van der Waals surface area (Å²) in [6.07, 6.45) is 2.17. The van der Waals surface area contributed by atoms with Crippen LogP contribution >= 0.6 is 0 Å². The molecular formula is C17H24N2O6. The topological polar surface area (TPSA) is 104 Å². The molecule has 0 aliphatic carbocycles. The molecule has 1 N–H and O–H groups in total. The molecule has 2 atom stereocenters. The molecule has 1 aromatic heterocycles. The van der Waals surface area contributed by atoms with Crippen molar-refractivity contribution in [1.29, 1.82) is 0 Å². The monoisotopic (exact) mass is 352 g/mol. The van der Waals surface area contributed by atoms with Crippen molar-refractivity contribution < 1.29 is 28.7 Å². The van der Waals surface area contributed by atoms with Crippen molar-refractivity contribution in [1.82, 2.24) is 9.88 Å². The summed E-state index contributed by atoms with van der Waals surface area (Å²) in [5, 5.41) is 2.51. The van der Waals surface area contributed by atoms with Gasteiger partial charge in [-0.25, -0.2) is 9.59 Å². The van der Waals surface area contributed by atoms with Crippen molar-refractivity contribution in [3.8, 4) is 0 Å². The Labute approximate surface area is 146 Å². The summed E-state index contributed by atoms with van der Waals surface area (Å²) in [5.74, 6) is -2.20. The van der Waals surface area contributed by atoms with E-state index in [9.17, 15) is 19.2 Å². The van der Waals surface area contributed by atoms with Crippen molar-refractivity contribution >= 4 is 23.6 Å². The number of amides is 1. The van der Waals surface area contributed by atoms with Crippen LogP contribution in [0.3, 0.4) is 0 Å². The van der Waals surface area contributed by atoms with Crippen LogP contribution in [0.15, 0.2) is 12.3 Å². The van der Waals surface area contributed by atoms with E-state index in [2.05, 4.69) is 10.1 Å². The van der Waals surface area contributed by atoms with E-state index in [1.165, 1.54) is 30.9 Å². The highest BCUT2D eigenvalue weighted by molar-refractivity contribution is 5.98. The second-order valence-electron chi connectivity index (χ2n) is 5.81. The maximum absolute atomic E-state index is 12.0. The Hall–Kier alpha value is -2.64. The summed E-state index contributed by atoms with van der Waals surface area (Å²) in [4.78, 5) is 47.1. The van der Waals surface area contributed by atoms with Crippen molar-refractivity contribution in [3.63, 3.8) is 0 Å². The number of nitrogens with one attached hydrogen (secondary N) is 1. The van der Waals surface area contributed by atoms with Crippen LogP contribution in [0.5, 0.6) is 0 Å². The molecular weight excluding hydrogens is 328 g/mol. The fourth-order valence-corrected chi connectivity index (χ4v) is 2.18. The number of hydrogen-bond donors (Lipinski definition) is 1. The number of methoxy groups -OCH3 is 1. The summed E-state index contributed by atoms with van der Waals surface area (Å²) < 4.78 is 11.1. The molecule has 1 amide bonds. The first kappa shape index (κ1) is 20.4. The van der Waals surface area contributed by atoms with Gasteiger partial charge in [0.2, 0.25) is 0 Å². The number of ketones is 1. The number of esters is 2. The molecule has 0 aliphatic rings. The molecule has 1 heterocycles. The number of aromatic nitrogens is 1. The minimum absolute atomic E-state index is 0.127. The lowest BCUT2D eigenvalue weighted by Gasteiger charge is -2.21. The van der Waals surface area contributed by atoms with Gasteiger partial charge in [0.15, 0.2) is 12.4 Å². The molecule has 0 radical (unpaired) electrons. The van der Waals surface area contributed by atoms with Crippen molar-refractivity contribution in [2.75, 3.05) is 13.7 Å². The normalized spacial score (nSPS) is 12.8. The van der Waals surface area contributed by atoms with Crippen LogP contribution in [0, 0.1) is 5.92 Å². The van der Waals surface area contributed by atoms with E-state index in [1.807, 2.05) is 6.92 Å². The molecule has 0 aliphatic heterocycles. The first-order chi connectivity index (χ1) is 11.7. The van der Waals surface area contributed by atoms with Gasteiger partial charge in [-0.1, -0.05) is 20.3 Å². The van der Waals surface area contributed by atoms with E-state index in [1.54, 1.807) is 14.0 Å². The number of carbonyl (C=O) groups excluding carboxylic acids is 4. The SMILES string of the molecule is CC[C@@H](C)[C@@H](NC(=O)COC(=O)c1cc(C(C)=O)cn1C)C(=O)OC. The third-order valence-corrected chi connectivity index (χ3v) is 3.94. The number of ether oxygens (including phenoxy) is 2.